The molecule has 2 amide bonds. The first-order chi connectivity index (χ1) is 15.4. The first-order valence-electron chi connectivity index (χ1n) is 11.1. The summed E-state index contributed by atoms with van der Waals surface area (Å²) in [5.41, 5.74) is 2.09. The Labute approximate surface area is 203 Å². The Morgan fingerprint density at radius 3 is 2.62 bits per heavy atom. The van der Waals surface area contributed by atoms with E-state index in [0.717, 1.165) is 41.3 Å². The zero-order chi connectivity index (χ0) is 23.1. The van der Waals surface area contributed by atoms with Gasteiger partial charge < -0.3 is 15.0 Å². The quantitative estimate of drug-likeness (QED) is 0.463. The van der Waals surface area contributed by atoms with Gasteiger partial charge in [-0.1, -0.05) is 77.1 Å². The van der Waals surface area contributed by atoms with Gasteiger partial charge in [-0.25, -0.2) is 0 Å². The highest BCUT2D eigenvalue weighted by Gasteiger charge is 2.31. The minimum Gasteiger partial charge on any atom is -0.482 e. The van der Waals surface area contributed by atoms with Crippen LogP contribution in [0.2, 0.25) is 5.02 Å². The molecule has 172 valence electrons. The van der Waals surface area contributed by atoms with E-state index in [-0.39, 0.29) is 24.5 Å². The van der Waals surface area contributed by atoms with Crippen LogP contribution in [0.1, 0.15) is 50.2 Å². The van der Waals surface area contributed by atoms with Crippen molar-refractivity contribution in [3.8, 4) is 5.75 Å². The maximum Gasteiger partial charge on any atom is 0.261 e. The molecule has 0 spiro atoms. The normalized spacial score (nSPS) is 14.8. The van der Waals surface area contributed by atoms with Crippen molar-refractivity contribution in [3.05, 3.63) is 63.1 Å². The van der Waals surface area contributed by atoms with E-state index in [1.165, 1.54) is 0 Å². The van der Waals surface area contributed by atoms with Crippen LogP contribution in [0.3, 0.4) is 0 Å². The molecular formula is C25H30BrClN2O3. The van der Waals surface area contributed by atoms with Crippen LogP contribution in [0.25, 0.3) is 0 Å². The van der Waals surface area contributed by atoms with Gasteiger partial charge in [-0.2, -0.15) is 0 Å². The molecule has 1 unspecified atom stereocenters. The molecule has 0 radical (unpaired) electrons. The van der Waals surface area contributed by atoms with E-state index in [4.69, 9.17) is 16.3 Å². The molecule has 3 rings (SSSR count). The van der Waals surface area contributed by atoms with Crippen LogP contribution >= 0.6 is 27.5 Å². The summed E-state index contributed by atoms with van der Waals surface area (Å²) in [5, 5.41) is 3.57. The van der Waals surface area contributed by atoms with Gasteiger partial charge in [0.05, 0.1) is 5.02 Å². The van der Waals surface area contributed by atoms with E-state index >= 15 is 0 Å². The van der Waals surface area contributed by atoms with E-state index < -0.39 is 6.04 Å². The Bertz CT molecular complexity index is 947. The van der Waals surface area contributed by atoms with E-state index in [2.05, 4.69) is 21.2 Å². The summed E-state index contributed by atoms with van der Waals surface area (Å²) in [7, 11) is 0. The maximum absolute atomic E-state index is 13.3. The van der Waals surface area contributed by atoms with E-state index in [9.17, 15) is 9.59 Å². The molecule has 1 aliphatic rings. The van der Waals surface area contributed by atoms with Crippen molar-refractivity contribution in [1.82, 2.24) is 10.2 Å². The molecule has 7 heteroatoms. The lowest BCUT2D eigenvalue weighted by Crippen LogP contribution is -2.52. The molecule has 1 atom stereocenters. The SMILES string of the molecule is CCC(C(=O)NC1CCCC1)N(Cc1cccc(C)c1)C(=O)COc1ccc(Br)cc1Cl. The van der Waals surface area contributed by atoms with Gasteiger partial charge in [0.2, 0.25) is 5.91 Å². The average Bonchev–Trinajstić information content (AvgIpc) is 3.26. The van der Waals surface area contributed by atoms with Gasteiger partial charge in [0.25, 0.3) is 5.91 Å². The van der Waals surface area contributed by atoms with Crippen LogP contribution in [0.5, 0.6) is 5.75 Å². The smallest absolute Gasteiger partial charge is 0.261 e. The number of carbonyl (C=O) groups excluding carboxylic acids is 2. The van der Waals surface area contributed by atoms with Crippen LogP contribution < -0.4 is 10.1 Å². The van der Waals surface area contributed by atoms with Crippen molar-refractivity contribution in [1.29, 1.82) is 0 Å². The van der Waals surface area contributed by atoms with Crippen LogP contribution in [0.15, 0.2) is 46.9 Å². The van der Waals surface area contributed by atoms with Crippen LogP contribution in [-0.4, -0.2) is 35.4 Å². The molecule has 5 nitrogen and oxygen atoms in total. The van der Waals surface area contributed by atoms with Gasteiger partial charge in [0, 0.05) is 17.1 Å². The topological polar surface area (TPSA) is 58.6 Å². The summed E-state index contributed by atoms with van der Waals surface area (Å²) in [6.07, 6.45) is 4.79. The van der Waals surface area contributed by atoms with Crippen LogP contribution in [-0.2, 0) is 16.1 Å². The zero-order valence-electron chi connectivity index (χ0n) is 18.6. The lowest BCUT2D eigenvalue weighted by atomic mass is 10.1. The Hall–Kier alpha value is -2.05. The number of nitrogens with one attached hydrogen (secondary N) is 1. The molecule has 2 aromatic carbocycles. The van der Waals surface area contributed by atoms with Gasteiger partial charge >= 0.3 is 0 Å². The van der Waals surface area contributed by atoms with E-state index in [1.54, 1.807) is 23.1 Å². The summed E-state index contributed by atoms with van der Waals surface area (Å²) in [6.45, 7) is 4.09. The number of nitrogens with zero attached hydrogens (tertiary/aromatic N) is 1. The number of halogens is 2. The molecule has 0 saturated heterocycles. The Morgan fingerprint density at radius 1 is 1.22 bits per heavy atom. The second-order valence-corrected chi connectivity index (χ2v) is 9.61. The molecule has 1 saturated carbocycles. The average molecular weight is 522 g/mol. The van der Waals surface area contributed by atoms with Gasteiger partial charge in [-0.3, -0.25) is 9.59 Å². The molecular weight excluding hydrogens is 492 g/mol. The molecule has 0 aromatic heterocycles. The number of rotatable bonds is 9. The van der Waals surface area contributed by atoms with Crippen molar-refractivity contribution < 1.29 is 14.3 Å². The van der Waals surface area contributed by atoms with Crippen molar-refractivity contribution in [2.75, 3.05) is 6.61 Å². The Balaban J connectivity index is 1.77. The van der Waals surface area contributed by atoms with Crippen molar-refractivity contribution in [2.24, 2.45) is 0 Å². The fourth-order valence-corrected chi connectivity index (χ4v) is 4.84. The minimum absolute atomic E-state index is 0.0953. The Morgan fingerprint density at radius 2 is 1.97 bits per heavy atom. The third-order valence-electron chi connectivity index (χ3n) is 5.77. The fourth-order valence-electron chi connectivity index (χ4n) is 4.11. The highest BCUT2D eigenvalue weighted by Crippen LogP contribution is 2.28. The number of hydrogen-bond acceptors (Lipinski definition) is 3. The summed E-state index contributed by atoms with van der Waals surface area (Å²) in [5.74, 6) is 0.0863. The third kappa shape index (κ3) is 6.72. The predicted octanol–water partition coefficient (Wildman–Crippen LogP) is 5.66. The summed E-state index contributed by atoms with van der Waals surface area (Å²) >= 11 is 9.59. The number of benzene rings is 2. The first-order valence-corrected chi connectivity index (χ1v) is 12.3. The second kappa shape index (κ2) is 11.7. The molecule has 32 heavy (non-hydrogen) atoms. The maximum atomic E-state index is 13.3. The predicted molar refractivity (Wildman–Crippen MR) is 131 cm³/mol. The lowest BCUT2D eigenvalue weighted by Gasteiger charge is -2.31. The number of amides is 2. The standard InChI is InChI=1S/C25H30BrClN2O3/c1-3-22(25(31)28-20-9-4-5-10-20)29(15-18-8-6-7-17(2)13-18)24(30)16-32-23-12-11-19(26)14-21(23)27/h6-8,11-14,20,22H,3-5,9-10,15-16H2,1-2H3,(H,28,31). The van der Waals surface area contributed by atoms with Crippen molar-refractivity contribution >= 4 is 39.3 Å². The zero-order valence-corrected chi connectivity index (χ0v) is 20.9. The van der Waals surface area contributed by atoms with Crippen molar-refractivity contribution in [2.45, 2.75) is 64.6 Å². The second-order valence-electron chi connectivity index (χ2n) is 8.29. The number of ether oxygens (including phenoxy) is 1. The lowest BCUT2D eigenvalue weighted by molar-refractivity contribution is -0.143. The number of carbonyl (C=O) groups is 2. The molecule has 0 heterocycles. The van der Waals surface area contributed by atoms with Crippen LogP contribution in [0.4, 0.5) is 0 Å². The summed E-state index contributed by atoms with van der Waals surface area (Å²) in [4.78, 5) is 28.1. The third-order valence-corrected chi connectivity index (χ3v) is 6.56. The highest BCUT2D eigenvalue weighted by atomic mass is 79.9. The van der Waals surface area contributed by atoms with Gasteiger partial charge in [-0.15, -0.1) is 0 Å². The molecule has 1 N–H and O–H groups in total. The van der Waals surface area contributed by atoms with Gasteiger partial charge in [0.15, 0.2) is 6.61 Å². The number of aryl methyl sites for hydroxylation is 1. The van der Waals surface area contributed by atoms with Gasteiger partial charge in [0.1, 0.15) is 11.8 Å². The molecule has 0 bridgehead atoms. The van der Waals surface area contributed by atoms with E-state index in [0.29, 0.717) is 23.7 Å². The van der Waals surface area contributed by atoms with Gasteiger partial charge in [-0.05, 0) is 49.9 Å². The van der Waals surface area contributed by atoms with Crippen molar-refractivity contribution in [3.63, 3.8) is 0 Å². The number of hydrogen-bond donors (Lipinski definition) is 1. The summed E-state index contributed by atoms with van der Waals surface area (Å²) in [6, 6.07) is 12.9. The Kier molecular flexibility index (Phi) is 9.00. The monoisotopic (exact) mass is 520 g/mol. The minimum atomic E-state index is -0.562. The summed E-state index contributed by atoms with van der Waals surface area (Å²) < 4.78 is 6.56. The fraction of sp³-hybridized carbons (Fsp3) is 0.440. The highest BCUT2D eigenvalue weighted by molar-refractivity contribution is 9.10. The van der Waals surface area contributed by atoms with Crippen LogP contribution in [0, 0.1) is 6.92 Å². The van der Waals surface area contributed by atoms with E-state index in [1.807, 2.05) is 38.1 Å². The molecule has 2 aromatic rings. The molecule has 0 aliphatic heterocycles. The molecule has 1 fully saturated rings. The largest absolute Gasteiger partial charge is 0.482 e. The molecule has 1 aliphatic carbocycles. The first kappa shape index (κ1) is 24.6.